The van der Waals surface area contributed by atoms with Crippen LogP contribution in [0, 0.1) is 0 Å². The van der Waals surface area contributed by atoms with Crippen LogP contribution in [-0.2, 0) is 11.3 Å². The molecule has 1 aliphatic heterocycles. The van der Waals surface area contributed by atoms with Crippen LogP contribution in [-0.4, -0.2) is 34.3 Å². The van der Waals surface area contributed by atoms with Crippen molar-refractivity contribution in [2.45, 2.75) is 44.2 Å². The molecular formula is C21H22N4O4S. The monoisotopic (exact) mass is 426 g/mol. The highest BCUT2D eigenvalue weighted by Crippen LogP contribution is 2.33. The van der Waals surface area contributed by atoms with Crippen LogP contribution in [0.5, 0.6) is 0 Å². The third kappa shape index (κ3) is 3.93. The second kappa shape index (κ2) is 8.27. The molecule has 3 N–H and O–H groups in total. The van der Waals surface area contributed by atoms with E-state index in [1.54, 1.807) is 30.3 Å². The van der Waals surface area contributed by atoms with Crippen molar-refractivity contribution < 1.29 is 19.2 Å². The molecule has 4 rings (SSSR count). The third-order valence-electron chi connectivity index (χ3n) is 5.50. The zero-order chi connectivity index (χ0) is 21.1. The van der Waals surface area contributed by atoms with Crippen LogP contribution >= 0.6 is 11.3 Å². The van der Waals surface area contributed by atoms with Crippen LogP contribution in [0.15, 0.2) is 41.8 Å². The van der Waals surface area contributed by atoms with E-state index in [0.29, 0.717) is 29.8 Å². The summed E-state index contributed by atoms with van der Waals surface area (Å²) in [6, 6.07) is 9.60. The second-order valence-corrected chi connectivity index (χ2v) is 8.46. The molecule has 2 aliphatic rings. The quantitative estimate of drug-likeness (QED) is 0.639. The number of carbonyl (C=O) groups is 4. The van der Waals surface area contributed by atoms with E-state index in [0.717, 1.165) is 29.8 Å². The summed E-state index contributed by atoms with van der Waals surface area (Å²) in [6.07, 6.45) is 3.97. The van der Waals surface area contributed by atoms with Crippen LogP contribution in [0.3, 0.4) is 0 Å². The Bertz CT molecular complexity index is 965. The maximum Gasteiger partial charge on any atom is 0.344 e. The highest BCUT2D eigenvalue weighted by atomic mass is 32.1. The first-order valence-corrected chi connectivity index (χ1v) is 10.7. The smallest absolute Gasteiger partial charge is 0.344 e. The summed E-state index contributed by atoms with van der Waals surface area (Å²) in [5.41, 5.74) is 2.68. The molecule has 156 valence electrons. The van der Waals surface area contributed by atoms with Gasteiger partial charge in [-0.1, -0.05) is 37.5 Å². The highest BCUT2D eigenvalue weighted by Gasteiger charge is 2.52. The van der Waals surface area contributed by atoms with Crippen molar-refractivity contribution in [3.05, 3.63) is 57.8 Å². The molecule has 2 fully saturated rings. The SMILES string of the molecule is O=C(NN1C(=O)NC2(CCCCC2)C1=O)c1ccc(CNC(=O)c2cccs2)cc1. The number of hydrazine groups is 1. The molecule has 0 unspecified atom stereocenters. The summed E-state index contributed by atoms with van der Waals surface area (Å²) >= 11 is 1.37. The lowest BCUT2D eigenvalue weighted by Crippen LogP contribution is -2.50. The molecule has 1 aromatic carbocycles. The van der Waals surface area contributed by atoms with Gasteiger partial charge < -0.3 is 10.6 Å². The van der Waals surface area contributed by atoms with E-state index >= 15 is 0 Å². The minimum absolute atomic E-state index is 0.151. The molecule has 1 aliphatic carbocycles. The van der Waals surface area contributed by atoms with E-state index in [-0.39, 0.29) is 5.91 Å². The van der Waals surface area contributed by atoms with E-state index in [9.17, 15) is 19.2 Å². The summed E-state index contributed by atoms with van der Waals surface area (Å²) < 4.78 is 0. The Morgan fingerprint density at radius 3 is 2.43 bits per heavy atom. The lowest BCUT2D eigenvalue weighted by Gasteiger charge is -2.30. The fraction of sp³-hybridized carbons (Fsp3) is 0.333. The zero-order valence-corrected chi connectivity index (χ0v) is 17.1. The molecule has 1 saturated heterocycles. The van der Waals surface area contributed by atoms with Gasteiger partial charge in [-0.2, -0.15) is 5.01 Å². The molecule has 5 amide bonds. The maximum absolute atomic E-state index is 12.7. The number of imide groups is 1. The Labute approximate surface area is 177 Å². The third-order valence-corrected chi connectivity index (χ3v) is 6.37. The first-order chi connectivity index (χ1) is 14.5. The van der Waals surface area contributed by atoms with Crippen molar-refractivity contribution >= 4 is 35.1 Å². The lowest BCUT2D eigenvalue weighted by atomic mass is 9.82. The summed E-state index contributed by atoms with van der Waals surface area (Å²) in [4.78, 5) is 50.2. The zero-order valence-electron chi connectivity index (χ0n) is 16.3. The number of carbonyl (C=O) groups excluding carboxylic acids is 4. The summed E-state index contributed by atoms with van der Waals surface area (Å²) in [5, 5.41) is 8.21. The predicted molar refractivity (Wildman–Crippen MR) is 111 cm³/mol. The van der Waals surface area contributed by atoms with Crippen LogP contribution in [0.2, 0.25) is 0 Å². The summed E-state index contributed by atoms with van der Waals surface area (Å²) in [5.74, 6) is -1.09. The van der Waals surface area contributed by atoms with Gasteiger partial charge in [0.05, 0.1) is 4.88 Å². The molecule has 9 heteroatoms. The van der Waals surface area contributed by atoms with Gasteiger partial charge in [0.2, 0.25) is 0 Å². The van der Waals surface area contributed by atoms with Gasteiger partial charge in [0.25, 0.3) is 17.7 Å². The Morgan fingerprint density at radius 2 is 1.77 bits per heavy atom. The Morgan fingerprint density at radius 1 is 1.03 bits per heavy atom. The lowest BCUT2D eigenvalue weighted by molar-refractivity contribution is -0.134. The van der Waals surface area contributed by atoms with Crippen LogP contribution in [0.4, 0.5) is 4.79 Å². The Kier molecular flexibility index (Phi) is 5.54. The minimum Gasteiger partial charge on any atom is -0.347 e. The number of amides is 5. The molecule has 1 spiro atoms. The molecule has 0 bridgehead atoms. The van der Waals surface area contributed by atoms with Crippen LogP contribution in [0.1, 0.15) is 57.7 Å². The van der Waals surface area contributed by atoms with Crippen molar-refractivity contribution in [3.8, 4) is 0 Å². The normalized spacial score (nSPS) is 17.7. The fourth-order valence-electron chi connectivity index (χ4n) is 3.83. The number of rotatable bonds is 5. The van der Waals surface area contributed by atoms with Crippen molar-refractivity contribution in [2.75, 3.05) is 0 Å². The van der Waals surface area contributed by atoms with Crippen molar-refractivity contribution in [1.82, 2.24) is 21.1 Å². The molecule has 0 atom stereocenters. The summed E-state index contributed by atoms with van der Waals surface area (Å²) in [7, 11) is 0. The molecule has 2 aromatic rings. The van der Waals surface area contributed by atoms with Gasteiger partial charge in [0, 0.05) is 12.1 Å². The highest BCUT2D eigenvalue weighted by molar-refractivity contribution is 7.12. The van der Waals surface area contributed by atoms with Crippen molar-refractivity contribution in [3.63, 3.8) is 0 Å². The van der Waals surface area contributed by atoms with Gasteiger partial charge in [-0.15, -0.1) is 11.3 Å². The Balaban J connectivity index is 1.35. The van der Waals surface area contributed by atoms with Gasteiger partial charge >= 0.3 is 6.03 Å². The molecule has 30 heavy (non-hydrogen) atoms. The fourth-order valence-corrected chi connectivity index (χ4v) is 4.47. The number of benzene rings is 1. The average molecular weight is 426 g/mol. The molecule has 8 nitrogen and oxygen atoms in total. The van der Waals surface area contributed by atoms with Crippen LogP contribution in [0.25, 0.3) is 0 Å². The van der Waals surface area contributed by atoms with Gasteiger partial charge in [-0.3, -0.25) is 19.8 Å². The number of thiophene rings is 1. The standard InChI is InChI=1S/C21H22N4O4S/c26-17(24-25-19(28)21(23-20(25)29)10-2-1-3-11-21)15-8-6-14(7-9-15)13-22-18(27)16-5-4-12-30-16/h4-9,12H,1-3,10-11,13H2,(H,22,27)(H,23,29)(H,24,26). The molecule has 1 saturated carbocycles. The number of urea groups is 1. The molecular weight excluding hydrogens is 404 g/mol. The van der Waals surface area contributed by atoms with Crippen LogP contribution < -0.4 is 16.1 Å². The number of hydrogen-bond acceptors (Lipinski definition) is 5. The molecule has 2 heterocycles. The van der Waals surface area contributed by atoms with E-state index in [2.05, 4.69) is 16.1 Å². The largest absolute Gasteiger partial charge is 0.347 e. The van der Waals surface area contributed by atoms with E-state index < -0.39 is 23.4 Å². The topological polar surface area (TPSA) is 108 Å². The van der Waals surface area contributed by atoms with Gasteiger partial charge in [0.15, 0.2) is 0 Å². The van der Waals surface area contributed by atoms with Gasteiger partial charge in [-0.25, -0.2) is 4.79 Å². The van der Waals surface area contributed by atoms with Crippen molar-refractivity contribution in [2.24, 2.45) is 0 Å². The number of hydrogen-bond donors (Lipinski definition) is 3. The first-order valence-electron chi connectivity index (χ1n) is 9.87. The minimum atomic E-state index is -0.882. The number of nitrogens with zero attached hydrogens (tertiary/aromatic N) is 1. The maximum atomic E-state index is 12.7. The van der Waals surface area contributed by atoms with Gasteiger partial charge in [0.1, 0.15) is 5.54 Å². The Hall–Kier alpha value is -3.20. The molecule has 0 radical (unpaired) electrons. The number of nitrogens with one attached hydrogen (secondary N) is 3. The van der Waals surface area contributed by atoms with E-state index in [1.165, 1.54) is 11.3 Å². The van der Waals surface area contributed by atoms with Crippen molar-refractivity contribution in [1.29, 1.82) is 0 Å². The summed E-state index contributed by atoms with van der Waals surface area (Å²) in [6.45, 7) is 0.328. The molecule has 1 aromatic heterocycles. The van der Waals surface area contributed by atoms with E-state index in [1.807, 2.05) is 11.4 Å². The first kappa shape index (κ1) is 20.1. The second-order valence-electron chi connectivity index (χ2n) is 7.51. The average Bonchev–Trinajstić information content (AvgIpc) is 3.37. The van der Waals surface area contributed by atoms with E-state index in [4.69, 9.17) is 0 Å². The predicted octanol–water partition coefficient (Wildman–Crippen LogP) is 2.58. The van der Waals surface area contributed by atoms with Gasteiger partial charge in [-0.05, 0) is 42.0 Å².